The second-order valence-corrected chi connectivity index (χ2v) is 40.6. The van der Waals surface area contributed by atoms with Crippen LogP contribution in [0.4, 0.5) is 70.4 Å². The Morgan fingerprint density at radius 1 is 0.386 bits per heavy atom. The molecule has 5 aliphatic heterocycles. The maximum atomic E-state index is 12.7. The zero-order valence-electron chi connectivity index (χ0n) is 80.9. The van der Waals surface area contributed by atoms with E-state index in [1.54, 1.807) is 88.0 Å². The molecular formula is C104H119Cl5N20O11. The van der Waals surface area contributed by atoms with Crippen LogP contribution in [0, 0.1) is 0 Å². The molecule has 8 aromatic heterocycles. The Labute approximate surface area is 838 Å². The number of nitrogens with zero attached hydrogens (tertiary/aromatic N) is 12. The third-order valence-corrected chi connectivity index (χ3v) is 25.1. The number of aromatic amines is 3. The second kappa shape index (κ2) is 44.2. The van der Waals surface area contributed by atoms with Gasteiger partial charge in [0.25, 0.3) is 0 Å². The van der Waals surface area contributed by atoms with Crippen LogP contribution in [-0.2, 0) is 60.6 Å². The predicted octanol–water partition coefficient (Wildman–Crippen LogP) is 23.6. The number of nitrogens with two attached hydrogens (primary N) is 3. The van der Waals surface area contributed by atoms with E-state index in [1.165, 1.54) is 5.69 Å². The van der Waals surface area contributed by atoms with Gasteiger partial charge in [0.2, 0.25) is 5.91 Å². The highest BCUT2D eigenvalue weighted by Crippen LogP contribution is 2.39. The minimum Gasteiger partial charge on any atom is -0.481 e. The lowest BCUT2D eigenvalue weighted by molar-refractivity contribution is -0.138. The number of benzene rings is 5. The van der Waals surface area contributed by atoms with Gasteiger partial charge in [-0.3, -0.25) is 54.1 Å². The van der Waals surface area contributed by atoms with Crippen LogP contribution in [0.15, 0.2) is 152 Å². The molecule has 0 radical (unpaired) electrons. The first-order chi connectivity index (χ1) is 66.4. The van der Waals surface area contributed by atoms with Crippen molar-refractivity contribution in [3.63, 3.8) is 0 Å². The van der Waals surface area contributed by atoms with Crippen molar-refractivity contribution < 1.29 is 52.8 Å². The van der Waals surface area contributed by atoms with Gasteiger partial charge < -0.3 is 66.8 Å². The fourth-order valence-corrected chi connectivity index (χ4v) is 17.1. The number of nitrogen functional groups attached to an aromatic ring is 3. The van der Waals surface area contributed by atoms with Gasteiger partial charge in [-0.15, -0.1) is 0 Å². The highest BCUT2D eigenvalue weighted by Gasteiger charge is 2.36. The van der Waals surface area contributed by atoms with Crippen LogP contribution in [0.3, 0.4) is 0 Å². The number of halogens is 5. The van der Waals surface area contributed by atoms with Crippen LogP contribution in [0.1, 0.15) is 246 Å². The summed E-state index contributed by atoms with van der Waals surface area (Å²) in [6.45, 7) is 29.8. The van der Waals surface area contributed by atoms with Crippen molar-refractivity contribution in [3.8, 4) is 0 Å². The SMILES string of the molecule is CC(C(=O)Nc1ccc(Cl)cc1N)c1ccc2c(n1)CCCN2C(=O)OC(C)(C)C.CC(C(=O)O)c1ccc2c(n1)CCCN2C(=O)OC(C)(C)C.CC(c1ccc2c(n1)CCCN2)c1nc2ccc(Cl)cc2[nH]1.CC(c1ccc2c(n1)CCCN2C(=O)OC(C)(C)C)c1nc2ccc(Cl)cc2[nH]1.CC(c1ccc2c(n1)CCCN2C(=O)OC1CC1)c1nc2ccc(Cl)cc2[nH]1.Nc1ccc(Cl)cc1N. The molecule has 1 fully saturated rings. The summed E-state index contributed by atoms with van der Waals surface area (Å²) in [4.78, 5) is 128. The summed E-state index contributed by atoms with van der Waals surface area (Å²) in [5, 5.41) is 18.5. The summed E-state index contributed by atoms with van der Waals surface area (Å²) in [6.07, 6.45) is 9.36. The van der Waals surface area contributed by atoms with Crippen molar-refractivity contribution >= 4 is 179 Å². The van der Waals surface area contributed by atoms with Gasteiger partial charge in [0.15, 0.2) is 0 Å². The molecule has 5 unspecified atom stereocenters. The molecule has 6 aliphatic rings. The Morgan fingerprint density at radius 2 is 0.714 bits per heavy atom. The predicted molar refractivity (Wildman–Crippen MR) is 554 cm³/mol. The molecule has 13 aromatic rings. The molecule has 5 aromatic carbocycles. The smallest absolute Gasteiger partial charge is 0.414 e. The number of rotatable bonds is 12. The average molecular weight is 2000 g/mol. The summed E-state index contributed by atoms with van der Waals surface area (Å²) < 4.78 is 22.0. The maximum absolute atomic E-state index is 12.7. The lowest BCUT2D eigenvalue weighted by Crippen LogP contribution is -2.40. The summed E-state index contributed by atoms with van der Waals surface area (Å²) in [5.74, 6) is 0.439. The van der Waals surface area contributed by atoms with Crippen LogP contribution >= 0.6 is 58.0 Å². The fraction of sp³-hybridized carbons (Fsp3) is 0.385. The molecule has 5 atom stereocenters. The Hall–Kier alpha value is -13.1. The number of carboxylic acids is 1. The van der Waals surface area contributed by atoms with Crippen molar-refractivity contribution in [2.45, 2.75) is 226 Å². The average Bonchev–Trinajstić information content (AvgIpc) is 1.42. The molecule has 19 rings (SSSR count). The van der Waals surface area contributed by atoms with E-state index in [2.05, 4.69) is 83.4 Å². The number of hydrogen-bond acceptors (Lipinski definition) is 22. The van der Waals surface area contributed by atoms with E-state index in [4.69, 9.17) is 114 Å². The number of carbonyl (C=O) groups excluding carboxylic acids is 5. The van der Waals surface area contributed by atoms with E-state index < -0.39 is 40.7 Å². The van der Waals surface area contributed by atoms with Crippen molar-refractivity contribution in [1.82, 2.24) is 54.8 Å². The Kier molecular flexibility index (Phi) is 32.4. The second-order valence-electron chi connectivity index (χ2n) is 38.4. The number of pyridine rings is 5. The number of carbonyl (C=O) groups is 6. The van der Waals surface area contributed by atoms with Gasteiger partial charge in [0, 0.05) is 57.8 Å². The molecule has 12 N–H and O–H groups in total. The molecule has 13 heterocycles. The number of fused-ring (bicyclic) bond motifs is 8. The van der Waals surface area contributed by atoms with E-state index in [0.717, 1.165) is 197 Å². The van der Waals surface area contributed by atoms with Gasteiger partial charge in [0.05, 0.1) is 171 Å². The van der Waals surface area contributed by atoms with Gasteiger partial charge in [-0.25, -0.2) is 34.1 Å². The number of H-pyrrole nitrogens is 3. The van der Waals surface area contributed by atoms with Gasteiger partial charge in [-0.2, -0.15) is 0 Å². The third-order valence-electron chi connectivity index (χ3n) is 23.9. The number of amides is 5. The molecule has 36 heteroatoms. The maximum Gasteiger partial charge on any atom is 0.414 e. The molecule has 1 saturated carbocycles. The van der Waals surface area contributed by atoms with Gasteiger partial charge in [0.1, 0.15) is 40.4 Å². The fourth-order valence-electron chi connectivity index (χ4n) is 16.3. The highest BCUT2D eigenvalue weighted by molar-refractivity contribution is 6.32. The first kappa shape index (κ1) is 103. The van der Waals surface area contributed by atoms with Gasteiger partial charge in [-0.1, -0.05) is 58.0 Å². The summed E-state index contributed by atoms with van der Waals surface area (Å²) in [5.41, 5.74) is 35.5. The number of nitrogens with one attached hydrogen (secondary N) is 5. The molecule has 0 saturated heterocycles. The number of anilines is 9. The van der Waals surface area contributed by atoms with Gasteiger partial charge in [-0.05, 0) is 326 Å². The largest absolute Gasteiger partial charge is 0.481 e. The molecule has 0 spiro atoms. The van der Waals surface area contributed by atoms with E-state index in [0.29, 0.717) is 91.1 Å². The van der Waals surface area contributed by atoms with Crippen LogP contribution in [0.2, 0.25) is 25.1 Å². The summed E-state index contributed by atoms with van der Waals surface area (Å²) in [6, 6.07) is 46.0. The topological polar surface area (TPSA) is 425 Å². The number of imidazole rings is 3. The number of aryl methyl sites for hydroxylation is 5. The van der Waals surface area contributed by atoms with Crippen molar-refractivity contribution in [3.05, 3.63) is 251 Å². The number of hydrogen-bond donors (Lipinski definition) is 9. The Bertz CT molecular complexity index is 6750. The minimum atomic E-state index is -0.910. The molecular weight excluding hydrogens is 1880 g/mol. The minimum absolute atomic E-state index is 0.00488. The first-order valence-electron chi connectivity index (χ1n) is 47.0. The van der Waals surface area contributed by atoms with E-state index >= 15 is 0 Å². The lowest BCUT2D eigenvalue weighted by atomic mass is 10.0. The molecule has 5 amide bonds. The number of carboxylic acid groups (broad SMARTS) is 1. The normalized spacial score (nSPS) is 15.3. The zero-order valence-corrected chi connectivity index (χ0v) is 84.7. The van der Waals surface area contributed by atoms with Gasteiger partial charge >= 0.3 is 30.3 Å². The van der Waals surface area contributed by atoms with Crippen LogP contribution in [0.5, 0.6) is 0 Å². The summed E-state index contributed by atoms with van der Waals surface area (Å²) >= 11 is 29.7. The standard InChI is InChI=1S/C22H27ClN4O3.C22H25ClN4O2.C21H21ClN4O2.C17H17ClN4.C16H22N2O4.C6H7ClN2/c1-13(20(28)26-17-8-7-14(23)12-15(17)24)16-9-10-19-18(25-16)6-5-11-27(19)21(29)30-22(2,3)4;1-13(20-25-16-8-7-14(23)12-18(16)26-20)15-9-10-19-17(24-15)6-5-11-27(19)21(28)29-22(2,3)4;1-12(20-24-16-7-4-13(22)11-18(16)25-20)15-8-9-19-17(23-15)3-2-10-26(19)21(27)28-14-5-6-14;1-10(12-6-7-13-14(20-12)3-2-8-19-13)17-21-15-5-4-11(18)9-16(15)22-17;1-10(14(19)20)11-7-8-13-12(17-11)6-5-9-18(13)15(21)22-16(2,3)4;7-4-1-2-5(8)6(9)3-4/h7-10,12-13H,5-6,11,24H2,1-4H3,(H,26,28);7-10,12-13H,5-6,11H2,1-4H3,(H,25,26);4,7-9,11-12,14H,2-3,5-6,10H2,1H3,(H,24,25);4-7,9-10,19H,2-3,8H2,1H3,(H,21,22);7-8,10H,5-6,9H2,1-4H3,(H,19,20);1-3H,8-9H2. The quantitative estimate of drug-likeness (QED) is 0.0405. The van der Waals surface area contributed by atoms with Crippen LogP contribution in [-0.4, -0.2) is 152 Å². The van der Waals surface area contributed by atoms with E-state index in [1.807, 2.05) is 147 Å². The van der Waals surface area contributed by atoms with E-state index in [-0.39, 0.29) is 48.0 Å². The number of aromatic nitrogens is 11. The number of ether oxygens (including phenoxy) is 4. The zero-order chi connectivity index (χ0) is 101. The van der Waals surface area contributed by atoms with Crippen molar-refractivity contribution in [1.29, 1.82) is 0 Å². The van der Waals surface area contributed by atoms with Crippen LogP contribution < -0.4 is 47.4 Å². The monoisotopic (exact) mass is 2000 g/mol. The van der Waals surface area contributed by atoms with Crippen molar-refractivity contribution in [2.24, 2.45) is 0 Å². The first-order valence-corrected chi connectivity index (χ1v) is 48.9. The molecule has 1 aliphatic carbocycles. The highest BCUT2D eigenvalue weighted by atomic mass is 35.5. The van der Waals surface area contributed by atoms with Crippen molar-refractivity contribution in [2.75, 3.05) is 80.2 Å². The third kappa shape index (κ3) is 26.3. The van der Waals surface area contributed by atoms with E-state index in [9.17, 15) is 28.8 Å². The molecule has 31 nitrogen and oxygen atoms in total. The summed E-state index contributed by atoms with van der Waals surface area (Å²) in [7, 11) is 0. The lowest BCUT2D eigenvalue weighted by Gasteiger charge is -2.31. The molecule has 736 valence electrons. The molecule has 140 heavy (non-hydrogen) atoms. The van der Waals surface area contributed by atoms with Crippen LogP contribution in [0.25, 0.3) is 33.1 Å². The Morgan fingerprint density at radius 3 is 1.08 bits per heavy atom. The Balaban J connectivity index is 0.000000137. The number of aliphatic carboxylic acids is 1. The molecule has 0 bridgehead atoms.